The predicted molar refractivity (Wildman–Crippen MR) is 71.2 cm³/mol. The molecule has 0 radical (unpaired) electrons. The summed E-state index contributed by atoms with van der Waals surface area (Å²) < 4.78 is 1.88. The Morgan fingerprint density at radius 3 is 2.76 bits per heavy atom. The SMILES string of the molecule is Cc1nn(CCN)cc1-c1cccc(Cl)c1C. The molecule has 0 aliphatic heterocycles. The van der Waals surface area contributed by atoms with E-state index < -0.39 is 0 Å². The Balaban J connectivity index is 2.49. The van der Waals surface area contributed by atoms with E-state index in [1.54, 1.807) is 0 Å². The van der Waals surface area contributed by atoms with E-state index in [1.807, 2.05) is 36.9 Å². The lowest BCUT2D eigenvalue weighted by molar-refractivity contribution is 0.620. The van der Waals surface area contributed by atoms with Crippen LogP contribution in [0.25, 0.3) is 11.1 Å². The number of rotatable bonds is 3. The quantitative estimate of drug-likeness (QED) is 0.909. The molecular weight excluding hydrogens is 234 g/mol. The second-order valence-electron chi connectivity index (χ2n) is 4.09. The van der Waals surface area contributed by atoms with Crippen LogP contribution < -0.4 is 5.73 Å². The van der Waals surface area contributed by atoms with Gasteiger partial charge in [0.2, 0.25) is 0 Å². The van der Waals surface area contributed by atoms with Crippen LogP contribution in [0.1, 0.15) is 11.3 Å². The number of hydrogen-bond donors (Lipinski definition) is 1. The predicted octanol–water partition coefficient (Wildman–Crippen LogP) is 2.78. The van der Waals surface area contributed by atoms with Crippen molar-refractivity contribution in [2.45, 2.75) is 20.4 Å². The molecule has 0 aliphatic rings. The summed E-state index contributed by atoms with van der Waals surface area (Å²) >= 11 is 6.14. The number of nitrogens with two attached hydrogens (primary N) is 1. The van der Waals surface area contributed by atoms with Gasteiger partial charge in [0.1, 0.15) is 0 Å². The van der Waals surface area contributed by atoms with Crippen LogP contribution in [0, 0.1) is 13.8 Å². The van der Waals surface area contributed by atoms with E-state index in [4.69, 9.17) is 17.3 Å². The summed E-state index contributed by atoms with van der Waals surface area (Å²) in [7, 11) is 0. The number of nitrogens with zero attached hydrogens (tertiary/aromatic N) is 2. The van der Waals surface area contributed by atoms with Crippen molar-refractivity contribution >= 4 is 11.6 Å². The summed E-state index contributed by atoms with van der Waals surface area (Å²) in [5, 5.41) is 5.23. The van der Waals surface area contributed by atoms with E-state index in [2.05, 4.69) is 11.2 Å². The van der Waals surface area contributed by atoms with E-state index in [9.17, 15) is 0 Å². The topological polar surface area (TPSA) is 43.8 Å². The van der Waals surface area contributed by atoms with Gasteiger partial charge in [-0.05, 0) is 31.0 Å². The van der Waals surface area contributed by atoms with Crippen LogP contribution in [-0.2, 0) is 6.54 Å². The normalized spacial score (nSPS) is 10.8. The van der Waals surface area contributed by atoms with Gasteiger partial charge < -0.3 is 5.73 Å². The van der Waals surface area contributed by atoms with Crippen molar-refractivity contribution in [1.29, 1.82) is 0 Å². The first-order chi connectivity index (χ1) is 8.13. The standard InChI is InChI=1S/C13H16ClN3/c1-9-11(4-3-5-13(9)14)12-8-17(7-6-15)16-10(12)2/h3-5,8H,6-7,15H2,1-2H3. The number of benzene rings is 1. The van der Waals surface area contributed by atoms with Crippen LogP contribution in [0.3, 0.4) is 0 Å². The molecule has 0 atom stereocenters. The molecule has 4 heteroatoms. The van der Waals surface area contributed by atoms with Crippen molar-refractivity contribution < 1.29 is 0 Å². The Morgan fingerprint density at radius 1 is 1.29 bits per heavy atom. The maximum Gasteiger partial charge on any atom is 0.0672 e. The molecule has 0 unspecified atom stereocenters. The highest BCUT2D eigenvalue weighted by Crippen LogP contribution is 2.29. The summed E-state index contributed by atoms with van der Waals surface area (Å²) in [5.41, 5.74) is 9.88. The fraction of sp³-hybridized carbons (Fsp3) is 0.308. The Bertz CT molecular complexity index is 531. The lowest BCUT2D eigenvalue weighted by atomic mass is 10.0. The molecule has 0 saturated heterocycles. The third-order valence-electron chi connectivity index (χ3n) is 2.86. The minimum atomic E-state index is 0.592. The fourth-order valence-corrected chi connectivity index (χ4v) is 2.10. The van der Waals surface area contributed by atoms with Gasteiger partial charge in [-0.2, -0.15) is 5.10 Å². The molecule has 0 saturated carbocycles. The number of aryl methyl sites for hydroxylation is 1. The van der Waals surface area contributed by atoms with Gasteiger partial charge in [-0.15, -0.1) is 0 Å². The first-order valence-electron chi connectivity index (χ1n) is 5.63. The van der Waals surface area contributed by atoms with Crippen LogP contribution in [0.4, 0.5) is 0 Å². The van der Waals surface area contributed by atoms with Gasteiger partial charge in [-0.3, -0.25) is 4.68 Å². The van der Waals surface area contributed by atoms with Crippen molar-refractivity contribution in [3.63, 3.8) is 0 Å². The van der Waals surface area contributed by atoms with Crippen LogP contribution >= 0.6 is 11.6 Å². The highest BCUT2D eigenvalue weighted by molar-refractivity contribution is 6.31. The lowest BCUT2D eigenvalue weighted by Gasteiger charge is -2.05. The van der Waals surface area contributed by atoms with Crippen molar-refractivity contribution in [2.75, 3.05) is 6.54 Å². The lowest BCUT2D eigenvalue weighted by Crippen LogP contribution is -2.10. The zero-order chi connectivity index (χ0) is 12.4. The monoisotopic (exact) mass is 249 g/mol. The van der Waals surface area contributed by atoms with E-state index in [1.165, 1.54) is 0 Å². The molecule has 3 nitrogen and oxygen atoms in total. The van der Waals surface area contributed by atoms with Crippen LogP contribution in [0.2, 0.25) is 5.02 Å². The van der Waals surface area contributed by atoms with E-state index >= 15 is 0 Å². The van der Waals surface area contributed by atoms with E-state index in [-0.39, 0.29) is 0 Å². The minimum absolute atomic E-state index is 0.592. The molecule has 0 aliphatic carbocycles. The van der Waals surface area contributed by atoms with Crippen molar-refractivity contribution in [1.82, 2.24) is 9.78 Å². The smallest absolute Gasteiger partial charge is 0.0672 e. The van der Waals surface area contributed by atoms with Gasteiger partial charge in [0.15, 0.2) is 0 Å². The van der Waals surface area contributed by atoms with Crippen molar-refractivity contribution in [3.8, 4) is 11.1 Å². The van der Waals surface area contributed by atoms with Gasteiger partial charge in [0.25, 0.3) is 0 Å². The zero-order valence-corrected chi connectivity index (χ0v) is 10.8. The first-order valence-corrected chi connectivity index (χ1v) is 6.01. The van der Waals surface area contributed by atoms with Gasteiger partial charge in [-0.1, -0.05) is 23.7 Å². The Kier molecular flexibility index (Phi) is 3.50. The van der Waals surface area contributed by atoms with Gasteiger partial charge in [-0.25, -0.2) is 0 Å². The Labute approximate surface area is 106 Å². The van der Waals surface area contributed by atoms with E-state index in [0.29, 0.717) is 6.54 Å². The average Bonchev–Trinajstić information content (AvgIpc) is 2.64. The molecule has 1 heterocycles. The van der Waals surface area contributed by atoms with Crippen LogP contribution in [-0.4, -0.2) is 16.3 Å². The molecule has 2 N–H and O–H groups in total. The number of halogens is 1. The molecule has 0 bridgehead atoms. The van der Waals surface area contributed by atoms with Gasteiger partial charge in [0, 0.05) is 23.3 Å². The van der Waals surface area contributed by atoms with Gasteiger partial charge >= 0.3 is 0 Å². The summed E-state index contributed by atoms with van der Waals surface area (Å²) in [6, 6.07) is 5.93. The average molecular weight is 250 g/mol. The first kappa shape index (κ1) is 12.1. The largest absolute Gasteiger partial charge is 0.329 e. The molecule has 2 aromatic rings. The summed E-state index contributed by atoms with van der Waals surface area (Å²) in [4.78, 5) is 0. The third kappa shape index (κ3) is 2.35. The molecule has 0 spiro atoms. The highest BCUT2D eigenvalue weighted by atomic mass is 35.5. The molecular formula is C13H16ClN3. The molecule has 17 heavy (non-hydrogen) atoms. The second-order valence-corrected chi connectivity index (χ2v) is 4.50. The van der Waals surface area contributed by atoms with Gasteiger partial charge in [0.05, 0.1) is 12.2 Å². The second kappa shape index (κ2) is 4.90. The zero-order valence-electron chi connectivity index (χ0n) is 10.1. The third-order valence-corrected chi connectivity index (χ3v) is 3.27. The molecule has 2 rings (SSSR count). The molecule has 90 valence electrons. The summed E-state index contributed by atoms with van der Waals surface area (Å²) in [6.07, 6.45) is 2.03. The number of aromatic nitrogens is 2. The van der Waals surface area contributed by atoms with Crippen LogP contribution in [0.15, 0.2) is 24.4 Å². The molecule has 1 aromatic heterocycles. The maximum atomic E-state index is 6.14. The summed E-state index contributed by atoms with van der Waals surface area (Å²) in [6.45, 7) is 5.36. The molecule has 0 fully saturated rings. The van der Waals surface area contributed by atoms with Crippen molar-refractivity contribution in [2.24, 2.45) is 5.73 Å². The molecule has 1 aromatic carbocycles. The minimum Gasteiger partial charge on any atom is -0.329 e. The van der Waals surface area contributed by atoms with Crippen LogP contribution in [0.5, 0.6) is 0 Å². The fourth-order valence-electron chi connectivity index (χ4n) is 1.93. The van der Waals surface area contributed by atoms with Crippen molar-refractivity contribution in [3.05, 3.63) is 40.7 Å². The highest BCUT2D eigenvalue weighted by Gasteiger charge is 2.10. The summed E-state index contributed by atoms with van der Waals surface area (Å²) in [5.74, 6) is 0. The Morgan fingerprint density at radius 2 is 2.06 bits per heavy atom. The Hall–Kier alpha value is -1.32. The van der Waals surface area contributed by atoms with E-state index in [0.717, 1.165) is 34.0 Å². The number of hydrogen-bond acceptors (Lipinski definition) is 2. The molecule has 0 amide bonds. The maximum absolute atomic E-state index is 6.14.